The lowest BCUT2D eigenvalue weighted by Crippen LogP contribution is -2.52. The lowest BCUT2D eigenvalue weighted by Gasteiger charge is -2.32. The number of carbonyl (C=O) groups is 2. The van der Waals surface area contributed by atoms with Gasteiger partial charge in [0.25, 0.3) is 0 Å². The van der Waals surface area contributed by atoms with E-state index in [0.29, 0.717) is 5.69 Å². The molecule has 0 aliphatic heterocycles. The minimum atomic E-state index is -3.74. The second kappa shape index (κ2) is 11.5. The minimum absolute atomic E-state index is 0.0333. The zero-order valence-electron chi connectivity index (χ0n) is 21.3. The molecule has 8 heteroatoms. The summed E-state index contributed by atoms with van der Waals surface area (Å²) in [6.07, 6.45) is 1.85. The van der Waals surface area contributed by atoms with E-state index in [1.807, 2.05) is 71.0 Å². The average Bonchev–Trinajstić information content (AvgIpc) is 2.76. The van der Waals surface area contributed by atoms with Crippen LogP contribution in [0.2, 0.25) is 0 Å². The van der Waals surface area contributed by atoms with Crippen LogP contribution in [0.3, 0.4) is 0 Å². The second-order valence-electron chi connectivity index (χ2n) is 9.06. The van der Waals surface area contributed by atoms with Gasteiger partial charge in [0.15, 0.2) is 0 Å². The Morgan fingerprint density at radius 3 is 2.09 bits per heavy atom. The molecule has 0 spiro atoms. The van der Waals surface area contributed by atoms with Gasteiger partial charge in [-0.25, -0.2) is 8.42 Å². The Bertz CT molecular complexity index is 1110. The van der Waals surface area contributed by atoms with Crippen LogP contribution in [0, 0.1) is 20.8 Å². The molecule has 0 bridgehead atoms. The van der Waals surface area contributed by atoms with E-state index < -0.39 is 28.5 Å². The quantitative estimate of drug-likeness (QED) is 0.554. The molecule has 0 aliphatic carbocycles. The standard InChI is InChI=1S/C26H37N3O4S/c1-8-21(5)27-26(31)22(6)28(16-23-12-9-18(2)10-13-23)25(30)17-29(34(7,32)33)24-14-11-19(3)15-20(24)4/h9-15,21-22H,8,16-17H2,1-7H3,(H,27,31)/t21-,22-/m1/s1. The van der Waals surface area contributed by atoms with Crippen molar-refractivity contribution < 1.29 is 18.0 Å². The highest BCUT2D eigenvalue weighted by atomic mass is 32.2. The van der Waals surface area contributed by atoms with Crippen LogP contribution in [0.5, 0.6) is 0 Å². The smallest absolute Gasteiger partial charge is 0.244 e. The third-order valence-corrected chi connectivity index (χ3v) is 7.07. The molecule has 34 heavy (non-hydrogen) atoms. The molecule has 2 amide bonds. The van der Waals surface area contributed by atoms with Gasteiger partial charge >= 0.3 is 0 Å². The van der Waals surface area contributed by atoms with E-state index in [4.69, 9.17) is 0 Å². The summed E-state index contributed by atoms with van der Waals surface area (Å²) in [5.41, 5.74) is 4.15. The fraction of sp³-hybridized carbons (Fsp3) is 0.462. The average molecular weight is 488 g/mol. The number of sulfonamides is 1. The highest BCUT2D eigenvalue weighted by Gasteiger charge is 2.30. The van der Waals surface area contributed by atoms with Crippen molar-refractivity contribution in [2.75, 3.05) is 17.1 Å². The topological polar surface area (TPSA) is 86.8 Å². The number of benzene rings is 2. The molecule has 0 aromatic heterocycles. The van der Waals surface area contributed by atoms with Gasteiger partial charge in [-0.3, -0.25) is 13.9 Å². The molecule has 186 valence electrons. The summed E-state index contributed by atoms with van der Waals surface area (Å²) >= 11 is 0. The predicted octanol–water partition coefficient (Wildman–Crippen LogP) is 3.71. The van der Waals surface area contributed by atoms with Crippen LogP contribution in [0.15, 0.2) is 42.5 Å². The lowest BCUT2D eigenvalue weighted by molar-refractivity contribution is -0.139. The van der Waals surface area contributed by atoms with Crippen LogP contribution in [0.25, 0.3) is 0 Å². The van der Waals surface area contributed by atoms with Gasteiger partial charge in [-0.15, -0.1) is 0 Å². The summed E-state index contributed by atoms with van der Waals surface area (Å²) in [7, 11) is -3.74. The Hall–Kier alpha value is -2.87. The summed E-state index contributed by atoms with van der Waals surface area (Å²) in [4.78, 5) is 27.9. The number of anilines is 1. The van der Waals surface area contributed by atoms with Gasteiger partial charge in [0, 0.05) is 12.6 Å². The summed E-state index contributed by atoms with van der Waals surface area (Å²) < 4.78 is 26.5. The molecule has 0 radical (unpaired) electrons. The first-order chi connectivity index (χ1) is 15.8. The van der Waals surface area contributed by atoms with E-state index in [1.54, 1.807) is 13.0 Å². The van der Waals surface area contributed by atoms with E-state index in [1.165, 1.54) is 4.90 Å². The van der Waals surface area contributed by atoms with Crippen molar-refractivity contribution in [3.05, 3.63) is 64.7 Å². The Morgan fingerprint density at radius 2 is 1.56 bits per heavy atom. The Morgan fingerprint density at radius 1 is 0.971 bits per heavy atom. The Labute approximate surface area is 204 Å². The molecule has 2 aromatic rings. The molecule has 0 saturated heterocycles. The summed E-state index contributed by atoms with van der Waals surface area (Å²) in [5.74, 6) is -0.718. The first-order valence-corrected chi connectivity index (χ1v) is 13.4. The molecule has 0 aliphatic rings. The molecule has 2 atom stereocenters. The molecule has 2 aromatic carbocycles. The molecule has 0 saturated carbocycles. The molecule has 0 unspecified atom stereocenters. The van der Waals surface area contributed by atoms with Gasteiger partial charge < -0.3 is 10.2 Å². The van der Waals surface area contributed by atoms with Crippen molar-refractivity contribution in [2.45, 2.75) is 66.6 Å². The Kier molecular flexibility index (Phi) is 9.27. The lowest BCUT2D eigenvalue weighted by atomic mass is 10.1. The van der Waals surface area contributed by atoms with Gasteiger partial charge in [0.2, 0.25) is 21.8 Å². The first-order valence-electron chi connectivity index (χ1n) is 11.5. The van der Waals surface area contributed by atoms with Gasteiger partial charge in [-0.1, -0.05) is 54.4 Å². The molecule has 2 rings (SSSR count). The van der Waals surface area contributed by atoms with Crippen molar-refractivity contribution in [3.8, 4) is 0 Å². The number of hydrogen-bond acceptors (Lipinski definition) is 4. The molecule has 7 nitrogen and oxygen atoms in total. The van der Waals surface area contributed by atoms with Crippen LogP contribution in [0.4, 0.5) is 5.69 Å². The highest BCUT2D eigenvalue weighted by molar-refractivity contribution is 7.92. The summed E-state index contributed by atoms with van der Waals surface area (Å²) in [5, 5.41) is 2.93. The minimum Gasteiger partial charge on any atom is -0.352 e. The van der Waals surface area contributed by atoms with Gasteiger partial charge in [0.05, 0.1) is 11.9 Å². The van der Waals surface area contributed by atoms with Gasteiger partial charge in [0.1, 0.15) is 12.6 Å². The van der Waals surface area contributed by atoms with Crippen LogP contribution in [0.1, 0.15) is 49.4 Å². The van der Waals surface area contributed by atoms with Crippen molar-refractivity contribution >= 4 is 27.5 Å². The van der Waals surface area contributed by atoms with Crippen molar-refractivity contribution in [1.29, 1.82) is 0 Å². The third kappa shape index (κ3) is 7.32. The number of nitrogens with zero attached hydrogens (tertiary/aromatic N) is 2. The molecule has 1 N–H and O–H groups in total. The van der Waals surface area contributed by atoms with E-state index in [0.717, 1.165) is 39.2 Å². The maximum atomic E-state index is 13.6. The van der Waals surface area contributed by atoms with E-state index >= 15 is 0 Å². The maximum Gasteiger partial charge on any atom is 0.244 e. The monoisotopic (exact) mass is 487 g/mol. The van der Waals surface area contributed by atoms with E-state index in [-0.39, 0.29) is 18.5 Å². The number of rotatable bonds is 10. The van der Waals surface area contributed by atoms with Crippen LogP contribution >= 0.6 is 0 Å². The number of amides is 2. The molecular weight excluding hydrogens is 450 g/mol. The SMILES string of the molecule is CC[C@@H](C)NC(=O)[C@@H](C)N(Cc1ccc(C)cc1)C(=O)CN(c1ccc(C)cc1C)S(C)(=O)=O. The number of hydrogen-bond donors (Lipinski definition) is 1. The third-order valence-electron chi connectivity index (χ3n) is 5.94. The van der Waals surface area contributed by atoms with Crippen molar-refractivity contribution in [2.24, 2.45) is 0 Å². The fourth-order valence-electron chi connectivity index (χ4n) is 3.62. The van der Waals surface area contributed by atoms with E-state index in [2.05, 4.69) is 5.32 Å². The first kappa shape index (κ1) is 27.4. The van der Waals surface area contributed by atoms with E-state index in [9.17, 15) is 18.0 Å². The fourth-order valence-corrected chi connectivity index (χ4v) is 4.53. The zero-order chi connectivity index (χ0) is 25.6. The van der Waals surface area contributed by atoms with Gasteiger partial charge in [-0.2, -0.15) is 0 Å². The predicted molar refractivity (Wildman–Crippen MR) is 137 cm³/mol. The van der Waals surface area contributed by atoms with Gasteiger partial charge in [-0.05, 0) is 58.2 Å². The Balaban J connectivity index is 2.41. The maximum absolute atomic E-state index is 13.6. The normalized spacial score (nSPS) is 13.1. The number of carbonyl (C=O) groups excluding carboxylic acids is 2. The zero-order valence-corrected chi connectivity index (χ0v) is 22.1. The van der Waals surface area contributed by atoms with Crippen molar-refractivity contribution in [1.82, 2.24) is 10.2 Å². The molecule has 0 fully saturated rings. The van der Waals surface area contributed by atoms with Crippen LogP contribution in [-0.4, -0.2) is 50.0 Å². The highest BCUT2D eigenvalue weighted by Crippen LogP contribution is 2.24. The summed E-state index contributed by atoms with van der Waals surface area (Å²) in [6.45, 7) is 11.1. The molecule has 0 heterocycles. The van der Waals surface area contributed by atoms with Crippen LogP contribution < -0.4 is 9.62 Å². The van der Waals surface area contributed by atoms with Crippen LogP contribution in [-0.2, 0) is 26.2 Å². The van der Waals surface area contributed by atoms with Crippen molar-refractivity contribution in [3.63, 3.8) is 0 Å². The number of aryl methyl sites for hydroxylation is 3. The molecular formula is C26H37N3O4S. The second-order valence-corrected chi connectivity index (χ2v) is 11.0. The number of nitrogens with one attached hydrogen (secondary N) is 1. The largest absolute Gasteiger partial charge is 0.352 e. The summed E-state index contributed by atoms with van der Waals surface area (Å²) in [6, 6.07) is 12.3.